The first kappa shape index (κ1) is 34.3. The van der Waals surface area contributed by atoms with Crippen LogP contribution in [0.15, 0.2) is 72.8 Å². The summed E-state index contributed by atoms with van der Waals surface area (Å²) < 4.78 is 36.4. The van der Waals surface area contributed by atoms with E-state index >= 15 is 0 Å². The minimum absolute atomic E-state index is 0.0925. The largest absolute Gasteiger partial charge is 0.494 e. The molecule has 0 saturated heterocycles. The van der Waals surface area contributed by atoms with Gasteiger partial charge in [0.2, 0.25) is 5.67 Å². The van der Waals surface area contributed by atoms with Gasteiger partial charge in [0, 0.05) is 0 Å². The van der Waals surface area contributed by atoms with Gasteiger partial charge >= 0.3 is 17.9 Å². The molecule has 0 heterocycles. The quantitative estimate of drug-likeness (QED) is 0.0811. The van der Waals surface area contributed by atoms with Gasteiger partial charge in [0.25, 0.3) is 0 Å². The Kier molecular flexibility index (Phi) is 13.9. The Labute approximate surface area is 259 Å². The van der Waals surface area contributed by atoms with Crippen LogP contribution in [0.2, 0.25) is 0 Å². The highest BCUT2D eigenvalue weighted by molar-refractivity contribution is 5.92. The Balaban J connectivity index is 1.44. The van der Waals surface area contributed by atoms with Crippen molar-refractivity contribution in [1.29, 1.82) is 0 Å². The number of unbranched alkanes of at least 4 members (excludes halogenated alkanes) is 7. The van der Waals surface area contributed by atoms with Crippen LogP contribution >= 0.6 is 0 Å². The number of carbonyl (C=O) groups excluding carboxylic acids is 3. The molecule has 0 saturated carbocycles. The first-order chi connectivity index (χ1) is 21.2. The van der Waals surface area contributed by atoms with Crippen LogP contribution in [0, 0.1) is 0 Å². The first-order valence-corrected chi connectivity index (χ1v) is 15.5. The summed E-state index contributed by atoms with van der Waals surface area (Å²) in [5.41, 5.74) is -1.46. The molecule has 0 aliphatic heterocycles. The fourth-order valence-electron chi connectivity index (χ4n) is 4.35. The Bertz CT molecular complexity index is 1320. The second-order valence-electron chi connectivity index (χ2n) is 11.0. The van der Waals surface area contributed by atoms with E-state index in [4.69, 9.17) is 18.9 Å². The summed E-state index contributed by atoms with van der Waals surface area (Å²) in [6, 6.07) is 18.5. The summed E-state index contributed by atoms with van der Waals surface area (Å²) in [6.45, 7) is 6.07. The van der Waals surface area contributed by atoms with Crippen molar-refractivity contribution in [3.05, 3.63) is 83.9 Å². The van der Waals surface area contributed by atoms with E-state index in [1.54, 1.807) is 24.3 Å². The van der Waals surface area contributed by atoms with Crippen LogP contribution in [0.1, 0.15) is 106 Å². The third-order valence-electron chi connectivity index (χ3n) is 7.08. The lowest BCUT2D eigenvalue weighted by molar-refractivity contribution is -0.147. The topological polar surface area (TPSA) is 88.1 Å². The molecule has 3 rings (SSSR count). The smallest absolute Gasteiger partial charge is 0.348 e. The van der Waals surface area contributed by atoms with E-state index in [1.165, 1.54) is 81.1 Å². The summed E-state index contributed by atoms with van der Waals surface area (Å²) in [6.07, 6.45) is 9.59. The highest BCUT2D eigenvalue weighted by Gasteiger charge is 2.34. The number of rotatable bonds is 18. The fraction of sp³-hybridized carbons (Fsp3) is 0.417. The average molecular weight is 607 g/mol. The lowest BCUT2D eigenvalue weighted by Gasteiger charge is -2.18. The van der Waals surface area contributed by atoms with E-state index in [1.807, 2.05) is 6.92 Å². The van der Waals surface area contributed by atoms with Crippen molar-refractivity contribution < 1.29 is 37.7 Å². The number of benzene rings is 3. The van der Waals surface area contributed by atoms with E-state index in [0.717, 1.165) is 25.7 Å². The van der Waals surface area contributed by atoms with Crippen LogP contribution in [0.4, 0.5) is 4.39 Å². The van der Waals surface area contributed by atoms with E-state index in [2.05, 4.69) is 6.92 Å². The Hall–Kier alpha value is -4.20. The molecule has 0 bridgehead atoms. The molecule has 44 heavy (non-hydrogen) atoms. The Morgan fingerprint density at radius 2 is 0.977 bits per heavy atom. The van der Waals surface area contributed by atoms with Gasteiger partial charge in [-0.05, 0) is 99.0 Å². The van der Waals surface area contributed by atoms with Gasteiger partial charge in [-0.3, -0.25) is 0 Å². The summed E-state index contributed by atoms with van der Waals surface area (Å²) in [5, 5.41) is 0. The van der Waals surface area contributed by atoms with E-state index < -0.39 is 23.6 Å². The minimum Gasteiger partial charge on any atom is -0.494 e. The molecule has 1 atom stereocenters. The number of ether oxygens (including phenoxy) is 4. The van der Waals surface area contributed by atoms with Crippen molar-refractivity contribution >= 4 is 17.9 Å². The second kappa shape index (κ2) is 17.8. The predicted octanol–water partition coefficient (Wildman–Crippen LogP) is 9.08. The van der Waals surface area contributed by atoms with Crippen LogP contribution in [0.3, 0.4) is 0 Å². The number of esters is 3. The lowest BCUT2D eigenvalue weighted by atomic mass is 10.0. The van der Waals surface area contributed by atoms with Crippen LogP contribution in [0.5, 0.6) is 23.0 Å². The van der Waals surface area contributed by atoms with Crippen molar-refractivity contribution in [1.82, 2.24) is 0 Å². The van der Waals surface area contributed by atoms with Gasteiger partial charge in [-0.1, -0.05) is 58.8 Å². The molecule has 0 fully saturated rings. The van der Waals surface area contributed by atoms with Crippen LogP contribution in [-0.2, 0) is 4.79 Å². The Morgan fingerprint density at radius 3 is 1.50 bits per heavy atom. The van der Waals surface area contributed by atoms with Gasteiger partial charge in [0.1, 0.15) is 23.0 Å². The molecule has 7 nitrogen and oxygen atoms in total. The monoisotopic (exact) mass is 606 g/mol. The van der Waals surface area contributed by atoms with Crippen molar-refractivity contribution in [2.45, 2.75) is 90.6 Å². The average Bonchev–Trinajstić information content (AvgIpc) is 3.02. The van der Waals surface area contributed by atoms with Crippen molar-refractivity contribution in [2.24, 2.45) is 0 Å². The van der Waals surface area contributed by atoms with Crippen LogP contribution in [-0.4, -0.2) is 30.2 Å². The van der Waals surface area contributed by atoms with Gasteiger partial charge in [0.05, 0.1) is 17.7 Å². The highest BCUT2D eigenvalue weighted by Crippen LogP contribution is 2.25. The molecule has 236 valence electrons. The zero-order chi connectivity index (χ0) is 31.8. The molecule has 0 amide bonds. The summed E-state index contributed by atoms with van der Waals surface area (Å²) in [7, 11) is 0. The van der Waals surface area contributed by atoms with Gasteiger partial charge < -0.3 is 18.9 Å². The molecule has 0 aromatic heterocycles. The number of carbonyl (C=O) groups is 3. The van der Waals surface area contributed by atoms with E-state index in [0.29, 0.717) is 24.3 Å². The van der Waals surface area contributed by atoms with Gasteiger partial charge in [-0.15, -0.1) is 0 Å². The Morgan fingerprint density at radius 1 is 0.568 bits per heavy atom. The van der Waals surface area contributed by atoms with Gasteiger partial charge in [0.15, 0.2) is 0 Å². The number of hydrogen-bond acceptors (Lipinski definition) is 7. The molecule has 0 N–H and O–H groups in total. The van der Waals surface area contributed by atoms with Gasteiger partial charge in [-0.2, -0.15) is 0 Å². The van der Waals surface area contributed by atoms with Crippen molar-refractivity contribution in [2.75, 3.05) is 6.61 Å². The molecule has 0 aliphatic rings. The molecule has 8 heteroatoms. The molecule has 3 aromatic rings. The third-order valence-corrected chi connectivity index (χ3v) is 7.08. The maximum Gasteiger partial charge on any atom is 0.348 e. The molecular formula is C36H43FO7. The lowest BCUT2D eigenvalue weighted by Crippen LogP contribution is -2.34. The standard InChI is InChI=1S/C36H43FO7/c1-4-6-8-9-10-12-26-41-29-17-13-27(14-18-29)33(38)42-30-19-15-28(16-20-30)34(39)43-31-21-23-32(24-22-31)44-35(40)36(3,37)25-11-7-5-2/h13-24H,4-12,25-26H2,1-3H3. The summed E-state index contributed by atoms with van der Waals surface area (Å²) >= 11 is 0. The molecule has 1 unspecified atom stereocenters. The maximum atomic E-state index is 14.6. The highest BCUT2D eigenvalue weighted by atomic mass is 19.1. The van der Waals surface area contributed by atoms with Crippen molar-refractivity contribution in [3.8, 4) is 23.0 Å². The normalized spacial score (nSPS) is 12.2. The molecule has 0 aliphatic carbocycles. The van der Waals surface area contributed by atoms with Gasteiger partial charge in [-0.25, -0.2) is 18.8 Å². The molecule has 0 radical (unpaired) electrons. The zero-order valence-electron chi connectivity index (χ0n) is 25.9. The van der Waals surface area contributed by atoms with Crippen molar-refractivity contribution in [3.63, 3.8) is 0 Å². The predicted molar refractivity (Wildman–Crippen MR) is 167 cm³/mol. The van der Waals surface area contributed by atoms with E-state index in [-0.39, 0.29) is 29.2 Å². The molecule has 0 spiro atoms. The molecule has 3 aromatic carbocycles. The SMILES string of the molecule is CCCCCCCCOc1ccc(C(=O)Oc2ccc(C(=O)Oc3ccc(OC(=O)C(C)(F)CCCCC)cc3)cc2)cc1. The first-order valence-electron chi connectivity index (χ1n) is 15.5. The van der Waals surface area contributed by atoms with E-state index in [9.17, 15) is 18.8 Å². The molecular weight excluding hydrogens is 563 g/mol. The maximum absolute atomic E-state index is 14.6. The van der Waals surface area contributed by atoms with Crippen LogP contribution < -0.4 is 18.9 Å². The van der Waals surface area contributed by atoms with Crippen LogP contribution in [0.25, 0.3) is 0 Å². The zero-order valence-corrected chi connectivity index (χ0v) is 25.9. The second-order valence-corrected chi connectivity index (χ2v) is 11.0. The summed E-state index contributed by atoms with van der Waals surface area (Å²) in [5.74, 6) is -0.769. The fourth-order valence-corrected chi connectivity index (χ4v) is 4.35. The number of alkyl halides is 1. The summed E-state index contributed by atoms with van der Waals surface area (Å²) in [4.78, 5) is 37.4. The number of hydrogen-bond donors (Lipinski definition) is 0. The number of halogens is 1. The third kappa shape index (κ3) is 11.5. The minimum atomic E-state index is -2.08.